The zero-order chi connectivity index (χ0) is 15.4. The minimum atomic E-state index is -0.250. The molecule has 1 amide bonds. The van der Waals surface area contributed by atoms with Gasteiger partial charge in [-0.2, -0.15) is 0 Å². The Labute approximate surface area is 124 Å². The van der Waals surface area contributed by atoms with E-state index < -0.39 is 0 Å². The molecule has 1 aromatic carbocycles. The molecular weight excluding hydrogens is 270 g/mol. The molecule has 0 saturated carbocycles. The van der Waals surface area contributed by atoms with Crippen molar-refractivity contribution in [1.29, 1.82) is 0 Å². The van der Waals surface area contributed by atoms with E-state index in [4.69, 9.17) is 9.47 Å². The maximum atomic E-state index is 12.2. The average Bonchev–Trinajstić information content (AvgIpc) is 2.49. The number of carbonyl (C=O) groups is 2. The minimum Gasteiger partial charge on any atom is -0.493 e. The van der Waals surface area contributed by atoms with E-state index in [0.29, 0.717) is 37.4 Å². The highest BCUT2D eigenvalue weighted by Crippen LogP contribution is 2.29. The standard InChI is InChI=1S/C16H21NO4/c1-11-4-5-14(15(10-11)20-3)21-16(19)13-6-8-17(9-7-13)12(2)18/h4-5,10,13H,6-9H2,1-3H3. The van der Waals surface area contributed by atoms with Crippen LogP contribution in [-0.4, -0.2) is 37.0 Å². The first-order valence-electron chi connectivity index (χ1n) is 7.13. The van der Waals surface area contributed by atoms with E-state index in [1.807, 2.05) is 19.1 Å². The summed E-state index contributed by atoms with van der Waals surface area (Å²) in [6, 6.07) is 5.46. The van der Waals surface area contributed by atoms with Crippen molar-refractivity contribution in [2.75, 3.05) is 20.2 Å². The largest absolute Gasteiger partial charge is 0.493 e. The number of aryl methyl sites for hydroxylation is 1. The Morgan fingerprint density at radius 2 is 1.86 bits per heavy atom. The van der Waals surface area contributed by atoms with Crippen LogP contribution in [0.3, 0.4) is 0 Å². The van der Waals surface area contributed by atoms with Gasteiger partial charge in [-0.05, 0) is 37.5 Å². The molecule has 0 bridgehead atoms. The third-order valence-electron chi connectivity index (χ3n) is 3.80. The predicted molar refractivity (Wildman–Crippen MR) is 78.3 cm³/mol. The lowest BCUT2D eigenvalue weighted by molar-refractivity contribution is -0.143. The molecule has 5 nitrogen and oxygen atoms in total. The fourth-order valence-corrected chi connectivity index (χ4v) is 2.48. The summed E-state index contributed by atoms with van der Waals surface area (Å²) in [6.45, 7) is 4.72. The molecule has 1 heterocycles. The molecule has 0 aromatic heterocycles. The highest BCUT2D eigenvalue weighted by atomic mass is 16.6. The molecule has 0 aliphatic carbocycles. The number of piperidine rings is 1. The van der Waals surface area contributed by atoms with Gasteiger partial charge in [-0.25, -0.2) is 0 Å². The van der Waals surface area contributed by atoms with E-state index in [-0.39, 0.29) is 17.8 Å². The molecule has 0 spiro atoms. The highest BCUT2D eigenvalue weighted by Gasteiger charge is 2.28. The number of methoxy groups -OCH3 is 1. The lowest BCUT2D eigenvalue weighted by Crippen LogP contribution is -2.40. The third-order valence-corrected chi connectivity index (χ3v) is 3.80. The second kappa shape index (κ2) is 6.61. The van der Waals surface area contributed by atoms with Gasteiger partial charge in [-0.1, -0.05) is 6.07 Å². The van der Waals surface area contributed by atoms with E-state index in [9.17, 15) is 9.59 Å². The molecule has 1 aliphatic heterocycles. The van der Waals surface area contributed by atoms with Crippen LogP contribution in [0.1, 0.15) is 25.3 Å². The summed E-state index contributed by atoms with van der Waals surface area (Å²) in [5.74, 6) is 0.653. The number of rotatable bonds is 3. The average molecular weight is 291 g/mol. The molecule has 21 heavy (non-hydrogen) atoms. The van der Waals surface area contributed by atoms with Crippen LogP contribution in [0, 0.1) is 12.8 Å². The maximum absolute atomic E-state index is 12.2. The van der Waals surface area contributed by atoms with Crippen LogP contribution in [0.2, 0.25) is 0 Å². The maximum Gasteiger partial charge on any atom is 0.314 e. The molecular formula is C16H21NO4. The molecule has 1 aliphatic rings. The van der Waals surface area contributed by atoms with Gasteiger partial charge >= 0.3 is 5.97 Å². The van der Waals surface area contributed by atoms with Crippen molar-refractivity contribution >= 4 is 11.9 Å². The lowest BCUT2D eigenvalue weighted by atomic mass is 9.97. The number of esters is 1. The van der Waals surface area contributed by atoms with Crippen molar-refractivity contribution in [3.05, 3.63) is 23.8 Å². The molecule has 0 N–H and O–H groups in total. The number of amides is 1. The third kappa shape index (κ3) is 3.74. The Hall–Kier alpha value is -2.04. The van der Waals surface area contributed by atoms with Crippen molar-refractivity contribution < 1.29 is 19.1 Å². The van der Waals surface area contributed by atoms with Crippen LogP contribution in [0.4, 0.5) is 0 Å². The molecule has 5 heteroatoms. The van der Waals surface area contributed by atoms with Crippen LogP contribution in [0.15, 0.2) is 18.2 Å². The number of ether oxygens (including phenoxy) is 2. The molecule has 2 rings (SSSR count). The molecule has 114 valence electrons. The van der Waals surface area contributed by atoms with Gasteiger partial charge in [0.25, 0.3) is 0 Å². The predicted octanol–water partition coefficient (Wildman–Crippen LogP) is 2.17. The second-order valence-corrected chi connectivity index (χ2v) is 5.36. The number of benzene rings is 1. The van der Waals surface area contributed by atoms with Crippen molar-refractivity contribution in [2.24, 2.45) is 5.92 Å². The van der Waals surface area contributed by atoms with E-state index >= 15 is 0 Å². The number of likely N-dealkylation sites (tertiary alicyclic amines) is 1. The van der Waals surface area contributed by atoms with Gasteiger partial charge in [-0.15, -0.1) is 0 Å². The van der Waals surface area contributed by atoms with E-state index in [2.05, 4.69) is 0 Å². The quantitative estimate of drug-likeness (QED) is 0.632. The zero-order valence-electron chi connectivity index (χ0n) is 12.7. The molecule has 0 unspecified atom stereocenters. The highest BCUT2D eigenvalue weighted by molar-refractivity contribution is 5.77. The zero-order valence-corrected chi connectivity index (χ0v) is 12.7. The van der Waals surface area contributed by atoms with Crippen molar-refractivity contribution in [1.82, 2.24) is 4.90 Å². The van der Waals surface area contributed by atoms with Crippen LogP contribution < -0.4 is 9.47 Å². The monoisotopic (exact) mass is 291 g/mol. The van der Waals surface area contributed by atoms with Crippen molar-refractivity contribution in [2.45, 2.75) is 26.7 Å². The smallest absolute Gasteiger partial charge is 0.314 e. The van der Waals surface area contributed by atoms with Gasteiger partial charge in [0.15, 0.2) is 11.5 Å². The van der Waals surface area contributed by atoms with Crippen LogP contribution in [0.25, 0.3) is 0 Å². The van der Waals surface area contributed by atoms with Crippen LogP contribution in [-0.2, 0) is 9.59 Å². The van der Waals surface area contributed by atoms with E-state index in [1.165, 1.54) is 0 Å². The Morgan fingerprint density at radius 3 is 2.43 bits per heavy atom. The fourth-order valence-electron chi connectivity index (χ4n) is 2.48. The molecule has 1 fully saturated rings. The Bertz CT molecular complexity index is 533. The molecule has 1 saturated heterocycles. The van der Waals surface area contributed by atoms with E-state index in [1.54, 1.807) is 25.0 Å². The van der Waals surface area contributed by atoms with Crippen molar-refractivity contribution in [3.63, 3.8) is 0 Å². The lowest BCUT2D eigenvalue weighted by Gasteiger charge is -2.30. The summed E-state index contributed by atoms with van der Waals surface area (Å²) >= 11 is 0. The number of nitrogens with zero attached hydrogens (tertiary/aromatic N) is 1. The second-order valence-electron chi connectivity index (χ2n) is 5.36. The number of carbonyl (C=O) groups excluding carboxylic acids is 2. The molecule has 0 atom stereocenters. The molecule has 1 aromatic rings. The topological polar surface area (TPSA) is 55.8 Å². The minimum absolute atomic E-state index is 0.0574. The summed E-state index contributed by atoms with van der Waals surface area (Å²) in [4.78, 5) is 25.3. The first-order chi connectivity index (χ1) is 10.0. The van der Waals surface area contributed by atoms with Gasteiger partial charge in [0, 0.05) is 20.0 Å². The first-order valence-corrected chi connectivity index (χ1v) is 7.13. The summed E-state index contributed by atoms with van der Waals surface area (Å²) in [6.07, 6.45) is 1.29. The van der Waals surface area contributed by atoms with Crippen LogP contribution in [0.5, 0.6) is 11.5 Å². The normalized spacial score (nSPS) is 15.7. The number of hydrogen-bond acceptors (Lipinski definition) is 4. The number of hydrogen-bond donors (Lipinski definition) is 0. The Morgan fingerprint density at radius 1 is 1.19 bits per heavy atom. The Kier molecular flexibility index (Phi) is 4.83. The SMILES string of the molecule is COc1cc(C)ccc1OC(=O)C1CCN(C(C)=O)CC1. The van der Waals surface area contributed by atoms with Gasteiger partial charge in [0.2, 0.25) is 5.91 Å². The van der Waals surface area contributed by atoms with E-state index in [0.717, 1.165) is 5.56 Å². The first kappa shape index (κ1) is 15.4. The Balaban J connectivity index is 1.98. The van der Waals surface area contributed by atoms with Gasteiger partial charge in [0.1, 0.15) is 0 Å². The van der Waals surface area contributed by atoms with Gasteiger partial charge in [0.05, 0.1) is 13.0 Å². The summed E-state index contributed by atoms with van der Waals surface area (Å²) in [5, 5.41) is 0. The summed E-state index contributed by atoms with van der Waals surface area (Å²) in [7, 11) is 1.55. The summed E-state index contributed by atoms with van der Waals surface area (Å²) < 4.78 is 10.7. The van der Waals surface area contributed by atoms with Gasteiger partial charge < -0.3 is 14.4 Å². The van der Waals surface area contributed by atoms with Gasteiger partial charge in [-0.3, -0.25) is 9.59 Å². The summed E-state index contributed by atoms with van der Waals surface area (Å²) in [5.41, 5.74) is 1.04. The van der Waals surface area contributed by atoms with Crippen molar-refractivity contribution in [3.8, 4) is 11.5 Å². The van der Waals surface area contributed by atoms with Crippen LogP contribution >= 0.6 is 0 Å². The molecule has 0 radical (unpaired) electrons. The fraction of sp³-hybridized carbons (Fsp3) is 0.500.